The van der Waals surface area contributed by atoms with Crippen molar-refractivity contribution in [3.63, 3.8) is 0 Å². The zero-order chi connectivity index (χ0) is 12.5. The first-order valence-corrected chi connectivity index (χ1v) is 7.87. The minimum atomic E-state index is -3.00. The molecule has 1 N–H and O–H groups in total. The Morgan fingerprint density at radius 1 is 1.24 bits per heavy atom. The van der Waals surface area contributed by atoms with E-state index in [1.165, 1.54) is 17.4 Å². The Hall–Kier alpha value is -0.430. The molecule has 0 spiro atoms. The largest absolute Gasteiger partial charge is 0.309 e. The van der Waals surface area contributed by atoms with Crippen LogP contribution >= 0.6 is 0 Å². The maximum atomic E-state index is 11.4. The van der Waals surface area contributed by atoms with E-state index in [0.29, 0.717) is 13.1 Å². The van der Waals surface area contributed by atoms with Crippen molar-refractivity contribution < 1.29 is 8.42 Å². The van der Waals surface area contributed by atoms with Crippen LogP contribution in [-0.4, -0.2) is 69.7 Å². The molecular formula is C11H21N3O2S. The van der Waals surface area contributed by atoms with Crippen LogP contribution in [0.2, 0.25) is 0 Å². The van der Waals surface area contributed by atoms with Gasteiger partial charge in [-0.25, -0.2) is 8.42 Å². The normalized spacial score (nSPS) is 23.5. The van der Waals surface area contributed by atoms with E-state index < -0.39 is 10.0 Å². The molecule has 0 aliphatic carbocycles. The van der Waals surface area contributed by atoms with Gasteiger partial charge in [0.1, 0.15) is 0 Å². The van der Waals surface area contributed by atoms with E-state index in [0.717, 1.165) is 32.7 Å². The second-order valence-corrected chi connectivity index (χ2v) is 6.91. The van der Waals surface area contributed by atoms with Crippen molar-refractivity contribution in [1.29, 1.82) is 0 Å². The van der Waals surface area contributed by atoms with Crippen LogP contribution in [0.25, 0.3) is 0 Å². The molecule has 98 valence electrons. The third-order valence-corrected chi connectivity index (χ3v) is 4.84. The number of sulfonamides is 1. The number of hydrogen-bond acceptors (Lipinski definition) is 4. The van der Waals surface area contributed by atoms with Crippen LogP contribution in [0.15, 0.2) is 11.1 Å². The minimum Gasteiger partial charge on any atom is -0.309 e. The molecule has 2 fully saturated rings. The summed E-state index contributed by atoms with van der Waals surface area (Å²) in [5.74, 6) is 0. The predicted molar refractivity (Wildman–Crippen MR) is 68.4 cm³/mol. The van der Waals surface area contributed by atoms with Crippen molar-refractivity contribution in [3.05, 3.63) is 11.1 Å². The van der Waals surface area contributed by atoms with Crippen molar-refractivity contribution in [2.75, 3.05) is 52.1 Å². The Balaban J connectivity index is 1.83. The van der Waals surface area contributed by atoms with Gasteiger partial charge in [-0.1, -0.05) is 5.57 Å². The lowest BCUT2D eigenvalue weighted by molar-refractivity contribution is 0.201. The number of nitrogens with one attached hydrogen (secondary N) is 1. The molecule has 0 aromatic heterocycles. The van der Waals surface area contributed by atoms with Gasteiger partial charge in [0.05, 0.1) is 6.26 Å². The summed E-state index contributed by atoms with van der Waals surface area (Å²) < 4.78 is 24.3. The van der Waals surface area contributed by atoms with Crippen LogP contribution in [0.4, 0.5) is 0 Å². The minimum absolute atomic E-state index is 0.625. The molecule has 0 radical (unpaired) electrons. The summed E-state index contributed by atoms with van der Waals surface area (Å²) in [5.41, 5.74) is 2.95. The van der Waals surface area contributed by atoms with Crippen LogP contribution in [0, 0.1) is 0 Å². The maximum absolute atomic E-state index is 11.4. The van der Waals surface area contributed by atoms with Crippen molar-refractivity contribution >= 4 is 10.0 Å². The molecule has 5 nitrogen and oxygen atoms in total. The lowest BCUT2D eigenvalue weighted by Crippen LogP contribution is -2.49. The smallest absolute Gasteiger partial charge is 0.211 e. The lowest BCUT2D eigenvalue weighted by atomic mass is 10.0. The second-order valence-electron chi connectivity index (χ2n) is 4.93. The monoisotopic (exact) mass is 259 g/mol. The molecule has 17 heavy (non-hydrogen) atoms. The van der Waals surface area contributed by atoms with Crippen LogP contribution in [-0.2, 0) is 10.0 Å². The first kappa shape index (κ1) is 13.0. The summed E-state index contributed by atoms with van der Waals surface area (Å²) in [6, 6.07) is 0. The summed E-state index contributed by atoms with van der Waals surface area (Å²) in [7, 11) is -3.00. The van der Waals surface area contributed by atoms with E-state index in [2.05, 4.69) is 17.1 Å². The van der Waals surface area contributed by atoms with E-state index >= 15 is 0 Å². The topological polar surface area (TPSA) is 52.7 Å². The zero-order valence-corrected chi connectivity index (χ0v) is 11.4. The Kier molecular flexibility index (Phi) is 3.87. The number of rotatable bonds is 3. The van der Waals surface area contributed by atoms with Crippen LogP contribution in [0.1, 0.15) is 6.92 Å². The van der Waals surface area contributed by atoms with Gasteiger partial charge in [0, 0.05) is 45.8 Å². The fraction of sp³-hybridized carbons (Fsp3) is 0.818. The van der Waals surface area contributed by atoms with Gasteiger partial charge >= 0.3 is 0 Å². The molecule has 2 aliphatic heterocycles. The van der Waals surface area contributed by atoms with E-state index in [9.17, 15) is 8.42 Å². The summed E-state index contributed by atoms with van der Waals surface area (Å²) in [6.07, 6.45) is 1.29. The molecule has 0 atom stereocenters. The van der Waals surface area contributed by atoms with Crippen molar-refractivity contribution in [2.45, 2.75) is 6.92 Å². The van der Waals surface area contributed by atoms with Gasteiger partial charge in [0.25, 0.3) is 0 Å². The Morgan fingerprint density at radius 2 is 1.82 bits per heavy atom. The number of nitrogens with zero attached hydrogens (tertiary/aromatic N) is 2. The Labute approximate surface area is 104 Å². The molecule has 0 amide bonds. The highest BCUT2D eigenvalue weighted by Gasteiger charge is 2.23. The fourth-order valence-corrected chi connectivity index (χ4v) is 3.04. The lowest BCUT2D eigenvalue weighted by Gasteiger charge is -2.34. The molecule has 0 bridgehead atoms. The molecule has 2 rings (SSSR count). The molecule has 0 aromatic carbocycles. The van der Waals surface area contributed by atoms with Crippen LogP contribution in [0.5, 0.6) is 0 Å². The predicted octanol–water partition coefficient (Wildman–Crippen LogP) is -0.517. The molecule has 6 heteroatoms. The number of piperazine rings is 1. The highest BCUT2D eigenvalue weighted by atomic mass is 32.2. The molecule has 0 saturated carbocycles. The molecule has 0 unspecified atom stereocenters. The summed E-state index contributed by atoms with van der Waals surface area (Å²) in [6.45, 7) is 8.13. The average Bonchev–Trinajstić information content (AvgIpc) is 2.13. The third-order valence-electron chi connectivity index (χ3n) is 3.54. The standard InChI is InChI=1S/C11H21N3O2S/c1-10(11-7-12-8-11)9-13-3-5-14(6-4-13)17(2,15)16/h12H,3-9H2,1-2H3. The highest BCUT2D eigenvalue weighted by molar-refractivity contribution is 7.88. The molecule has 2 heterocycles. The molecule has 0 aromatic rings. The van der Waals surface area contributed by atoms with Crippen molar-refractivity contribution in [2.24, 2.45) is 0 Å². The third kappa shape index (κ3) is 3.28. The van der Waals surface area contributed by atoms with Gasteiger partial charge in [-0.2, -0.15) is 4.31 Å². The Morgan fingerprint density at radius 3 is 2.24 bits per heavy atom. The first-order chi connectivity index (χ1) is 7.97. The Bertz CT molecular complexity index is 402. The van der Waals surface area contributed by atoms with E-state index in [-0.39, 0.29) is 0 Å². The van der Waals surface area contributed by atoms with E-state index in [4.69, 9.17) is 0 Å². The maximum Gasteiger partial charge on any atom is 0.211 e. The van der Waals surface area contributed by atoms with Crippen molar-refractivity contribution in [1.82, 2.24) is 14.5 Å². The summed E-state index contributed by atoms with van der Waals surface area (Å²) >= 11 is 0. The van der Waals surface area contributed by atoms with Crippen LogP contribution < -0.4 is 5.32 Å². The molecule has 2 aliphatic rings. The average molecular weight is 259 g/mol. The van der Waals surface area contributed by atoms with Crippen molar-refractivity contribution in [3.8, 4) is 0 Å². The van der Waals surface area contributed by atoms with Gasteiger partial charge < -0.3 is 5.32 Å². The highest BCUT2D eigenvalue weighted by Crippen LogP contribution is 2.12. The van der Waals surface area contributed by atoms with Gasteiger partial charge in [-0.05, 0) is 12.5 Å². The number of hydrogen-bond donors (Lipinski definition) is 1. The SMILES string of the molecule is CC(CN1CCN(S(C)(=O)=O)CC1)=C1CNC1. The van der Waals surface area contributed by atoms with E-state index in [1.54, 1.807) is 4.31 Å². The quantitative estimate of drug-likeness (QED) is 0.693. The first-order valence-electron chi connectivity index (χ1n) is 6.02. The molecular weight excluding hydrogens is 238 g/mol. The van der Waals surface area contributed by atoms with Crippen LogP contribution in [0.3, 0.4) is 0 Å². The molecule has 2 saturated heterocycles. The summed E-state index contributed by atoms with van der Waals surface area (Å²) in [4.78, 5) is 2.34. The zero-order valence-electron chi connectivity index (χ0n) is 10.6. The van der Waals surface area contributed by atoms with Gasteiger partial charge in [-0.3, -0.25) is 4.90 Å². The second kappa shape index (κ2) is 5.06. The van der Waals surface area contributed by atoms with Gasteiger partial charge in [-0.15, -0.1) is 0 Å². The van der Waals surface area contributed by atoms with E-state index in [1.807, 2.05) is 0 Å². The van der Waals surface area contributed by atoms with Gasteiger partial charge in [0.2, 0.25) is 10.0 Å². The van der Waals surface area contributed by atoms with Gasteiger partial charge in [0.15, 0.2) is 0 Å². The summed E-state index contributed by atoms with van der Waals surface area (Å²) in [5, 5.41) is 3.24. The fourth-order valence-electron chi connectivity index (χ4n) is 2.22.